The van der Waals surface area contributed by atoms with E-state index >= 15 is 0 Å². The van der Waals surface area contributed by atoms with Gasteiger partial charge in [0.15, 0.2) is 15.8 Å². The average molecular weight is 424 g/mol. The zero-order valence-electron chi connectivity index (χ0n) is 16.6. The van der Waals surface area contributed by atoms with Crippen molar-refractivity contribution in [3.63, 3.8) is 0 Å². The first-order valence-corrected chi connectivity index (χ1v) is 12.0. The second kappa shape index (κ2) is 10.6. The molecule has 0 aliphatic heterocycles. The van der Waals surface area contributed by atoms with Crippen LogP contribution in [0.5, 0.6) is 0 Å². The van der Waals surface area contributed by atoms with Gasteiger partial charge in [0.05, 0.1) is 24.4 Å². The number of rotatable bonds is 9. The highest BCUT2D eigenvalue weighted by Crippen LogP contribution is 2.18. The molecule has 0 fully saturated rings. The van der Waals surface area contributed by atoms with Crippen LogP contribution in [0.2, 0.25) is 0 Å². The van der Waals surface area contributed by atoms with Crippen LogP contribution in [0.1, 0.15) is 37.9 Å². The number of aliphatic hydroxyl groups excluding tert-OH is 1. The molecule has 2 atom stereocenters. The van der Waals surface area contributed by atoms with Crippen LogP contribution in [0.25, 0.3) is 0 Å². The van der Waals surface area contributed by atoms with Crippen LogP contribution in [0, 0.1) is 0 Å². The molecule has 0 radical (unpaired) electrons. The van der Waals surface area contributed by atoms with E-state index in [0.717, 1.165) is 23.3 Å². The van der Waals surface area contributed by atoms with Crippen LogP contribution >= 0.6 is 11.3 Å². The second-order valence-corrected chi connectivity index (χ2v) is 9.76. The lowest BCUT2D eigenvalue weighted by molar-refractivity contribution is 0.206. The summed E-state index contributed by atoms with van der Waals surface area (Å²) in [5, 5.41) is 18.3. The number of aliphatic imine (C=N–C) groups is 1. The fourth-order valence-electron chi connectivity index (χ4n) is 2.68. The van der Waals surface area contributed by atoms with Gasteiger partial charge in [-0.3, -0.25) is 4.99 Å². The highest BCUT2D eigenvalue weighted by atomic mass is 32.2. The third-order valence-electron chi connectivity index (χ3n) is 4.26. The standard InChI is InChI=1S/C20H29N3O3S2/c1-4-16-8-10-17(11-9-16)15(3)23-20(21-5-2)22-13-18(24)14-28(25,26)19-7-6-12-27-19/h6-12,15,18,24H,4-5,13-14H2,1-3H3,(H2,21,22,23). The van der Waals surface area contributed by atoms with Gasteiger partial charge in [-0.2, -0.15) is 0 Å². The summed E-state index contributed by atoms with van der Waals surface area (Å²) in [6.07, 6.45) is -0.0694. The highest BCUT2D eigenvalue weighted by Gasteiger charge is 2.20. The van der Waals surface area contributed by atoms with E-state index < -0.39 is 15.9 Å². The molecule has 1 aromatic heterocycles. The Morgan fingerprint density at radius 2 is 1.93 bits per heavy atom. The number of nitrogens with one attached hydrogen (secondary N) is 2. The molecule has 0 aliphatic rings. The molecular weight excluding hydrogens is 394 g/mol. The summed E-state index contributed by atoms with van der Waals surface area (Å²) in [7, 11) is -3.49. The van der Waals surface area contributed by atoms with E-state index in [1.165, 1.54) is 5.56 Å². The van der Waals surface area contributed by atoms with Crippen molar-refractivity contribution in [1.82, 2.24) is 10.6 Å². The van der Waals surface area contributed by atoms with Crippen LogP contribution in [-0.4, -0.2) is 44.4 Å². The number of sulfone groups is 1. The third kappa shape index (κ3) is 6.61. The largest absolute Gasteiger partial charge is 0.390 e. The maximum absolute atomic E-state index is 12.3. The lowest BCUT2D eigenvalue weighted by atomic mass is 10.1. The number of aryl methyl sites for hydroxylation is 1. The van der Waals surface area contributed by atoms with Crippen LogP contribution in [0.4, 0.5) is 0 Å². The summed E-state index contributed by atoms with van der Waals surface area (Å²) in [4.78, 5) is 4.36. The van der Waals surface area contributed by atoms with Gasteiger partial charge in [0.25, 0.3) is 0 Å². The Labute approximate surface area is 171 Å². The van der Waals surface area contributed by atoms with Gasteiger partial charge in [-0.25, -0.2) is 8.42 Å². The smallest absolute Gasteiger partial charge is 0.191 e. The van der Waals surface area contributed by atoms with Gasteiger partial charge in [0, 0.05) is 6.54 Å². The van der Waals surface area contributed by atoms with E-state index in [-0.39, 0.29) is 22.5 Å². The predicted molar refractivity (Wildman–Crippen MR) is 116 cm³/mol. The van der Waals surface area contributed by atoms with Gasteiger partial charge < -0.3 is 15.7 Å². The van der Waals surface area contributed by atoms with E-state index in [1.807, 2.05) is 13.8 Å². The number of hydrogen-bond donors (Lipinski definition) is 3. The molecule has 1 heterocycles. The minimum atomic E-state index is -3.49. The minimum absolute atomic E-state index is 0.00142. The van der Waals surface area contributed by atoms with Crippen LogP contribution in [0.3, 0.4) is 0 Å². The molecule has 2 unspecified atom stereocenters. The number of nitrogens with zero attached hydrogens (tertiary/aromatic N) is 1. The third-order valence-corrected chi connectivity index (χ3v) is 7.54. The Hall–Kier alpha value is -1.90. The number of guanidine groups is 1. The Balaban J connectivity index is 1.98. The molecule has 1 aromatic carbocycles. The van der Waals surface area contributed by atoms with Crippen molar-refractivity contribution in [1.29, 1.82) is 0 Å². The van der Waals surface area contributed by atoms with E-state index in [9.17, 15) is 13.5 Å². The molecule has 2 aromatic rings. The summed E-state index contributed by atoms with van der Waals surface area (Å²) < 4.78 is 24.8. The molecule has 3 N–H and O–H groups in total. The number of hydrogen-bond acceptors (Lipinski definition) is 5. The Kier molecular flexibility index (Phi) is 8.47. The maximum Gasteiger partial charge on any atom is 0.191 e. The lowest BCUT2D eigenvalue weighted by Gasteiger charge is -2.19. The fourth-order valence-corrected chi connectivity index (χ4v) is 5.14. The molecule has 0 spiro atoms. The molecule has 6 nitrogen and oxygen atoms in total. The lowest BCUT2D eigenvalue weighted by Crippen LogP contribution is -2.39. The average Bonchev–Trinajstić information content (AvgIpc) is 3.22. The van der Waals surface area contributed by atoms with Gasteiger partial charge in [-0.15, -0.1) is 11.3 Å². The summed E-state index contributed by atoms with van der Waals surface area (Å²) in [6.45, 7) is 6.77. The zero-order chi connectivity index (χ0) is 20.6. The zero-order valence-corrected chi connectivity index (χ0v) is 18.2. The first-order valence-electron chi connectivity index (χ1n) is 9.43. The van der Waals surface area contributed by atoms with E-state index in [0.29, 0.717) is 12.5 Å². The summed E-state index contributed by atoms with van der Waals surface area (Å²) in [5.41, 5.74) is 2.41. The maximum atomic E-state index is 12.3. The highest BCUT2D eigenvalue weighted by molar-refractivity contribution is 7.93. The number of aliphatic hydroxyl groups is 1. The van der Waals surface area contributed by atoms with E-state index in [2.05, 4.69) is 46.8 Å². The first-order chi connectivity index (χ1) is 13.4. The Morgan fingerprint density at radius 3 is 2.50 bits per heavy atom. The molecule has 0 saturated carbocycles. The van der Waals surface area contributed by atoms with Gasteiger partial charge in [0.2, 0.25) is 0 Å². The van der Waals surface area contributed by atoms with Gasteiger partial charge in [0.1, 0.15) is 4.21 Å². The van der Waals surface area contributed by atoms with Crippen molar-refractivity contribution in [3.05, 3.63) is 52.9 Å². The summed E-state index contributed by atoms with van der Waals surface area (Å²) in [5.74, 6) is 0.201. The van der Waals surface area contributed by atoms with E-state index in [4.69, 9.17) is 0 Å². The molecule has 0 bridgehead atoms. The molecule has 2 rings (SSSR count). The fraction of sp³-hybridized carbons (Fsp3) is 0.450. The number of benzene rings is 1. The summed E-state index contributed by atoms with van der Waals surface area (Å²) in [6, 6.07) is 11.6. The second-order valence-electron chi connectivity index (χ2n) is 6.55. The van der Waals surface area contributed by atoms with Crippen molar-refractivity contribution in [2.45, 2.75) is 43.5 Å². The SMILES string of the molecule is CCNC(=NCC(O)CS(=O)(=O)c1cccs1)NC(C)c1ccc(CC)cc1. The normalized spacial score (nSPS) is 14.5. The molecule has 154 valence electrons. The molecule has 0 saturated heterocycles. The monoisotopic (exact) mass is 423 g/mol. The van der Waals surface area contributed by atoms with Crippen molar-refractivity contribution in [2.24, 2.45) is 4.99 Å². The number of thiophene rings is 1. The molecule has 0 amide bonds. The van der Waals surface area contributed by atoms with Gasteiger partial charge >= 0.3 is 0 Å². The van der Waals surface area contributed by atoms with E-state index in [1.54, 1.807) is 17.5 Å². The van der Waals surface area contributed by atoms with Crippen molar-refractivity contribution in [2.75, 3.05) is 18.8 Å². The van der Waals surface area contributed by atoms with Crippen LogP contribution in [0.15, 0.2) is 51.0 Å². The molecule has 8 heteroatoms. The van der Waals surface area contributed by atoms with Crippen LogP contribution < -0.4 is 10.6 Å². The molecule has 0 aliphatic carbocycles. The Morgan fingerprint density at radius 1 is 1.21 bits per heavy atom. The van der Waals surface area contributed by atoms with Crippen molar-refractivity contribution < 1.29 is 13.5 Å². The Bertz CT molecular complexity index is 847. The quantitative estimate of drug-likeness (QED) is 0.426. The topological polar surface area (TPSA) is 90.8 Å². The minimum Gasteiger partial charge on any atom is -0.390 e. The van der Waals surface area contributed by atoms with Crippen molar-refractivity contribution >= 4 is 27.1 Å². The van der Waals surface area contributed by atoms with Gasteiger partial charge in [-0.1, -0.05) is 37.3 Å². The van der Waals surface area contributed by atoms with Gasteiger partial charge in [-0.05, 0) is 42.8 Å². The predicted octanol–water partition coefficient (Wildman–Crippen LogP) is 2.76. The van der Waals surface area contributed by atoms with Crippen molar-refractivity contribution in [3.8, 4) is 0 Å². The molecular formula is C20H29N3O3S2. The summed E-state index contributed by atoms with van der Waals surface area (Å²) >= 11 is 1.15. The first kappa shape index (κ1) is 22.4. The molecule has 28 heavy (non-hydrogen) atoms. The van der Waals surface area contributed by atoms with Crippen LogP contribution in [-0.2, 0) is 16.3 Å².